The molecule has 18 heavy (non-hydrogen) atoms. The van der Waals surface area contributed by atoms with Crippen LogP contribution in [0.15, 0.2) is 29.2 Å². The van der Waals surface area contributed by atoms with Crippen LogP contribution in [0.3, 0.4) is 0 Å². The summed E-state index contributed by atoms with van der Waals surface area (Å²) in [4.78, 5) is 0.303. The van der Waals surface area contributed by atoms with Gasteiger partial charge in [0.05, 0.1) is 5.69 Å². The molecule has 0 fully saturated rings. The molecule has 0 aliphatic carbocycles. The zero-order valence-electron chi connectivity index (χ0n) is 11.2. The van der Waals surface area contributed by atoms with Crippen molar-refractivity contribution in [2.75, 3.05) is 18.9 Å². The van der Waals surface area contributed by atoms with Crippen LogP contribution >= 0.6 is 0 Å². The largest absolute Gasteiger partial charge is 0.387 e. The second-order valence-corrected chi connectivity index (χ2v) is 6.42. The lowest BCUT2D eigenvalue weighted by Crippen LogP contribution is -2.25. The fourth-order valence-electron chi connectivity index (χ4n) is 1.70. The molecule has 1 aromatic carbocycles. The molecule has 0 saturated carbocycles. The van der Waals surface area contributed by atoms with E-state index in [4.69, 9.17) is 0 Å². The summed E-state index contributed by atoms with van der Waals surface area (Å²) < 4.78 is 26.8. The van der Waals surface area contributed by atoms with Gasteiger partial charge in [0, 0.05) is 13.6 Å². The minimum absolute atomic E-state index is 0.303. The van der Waals surface area contributed by atoms with Crippen molar-refractivity contribution in [3.63, 3.8) is 0 Å². The Labute approximate surface area is 110 Å². The van der Waals surface area contributed by atoms with E-state index in [1.807, 2.05) is 6.07 Å². The lowest BCUT2D eigenvalue weighted by molar-refractivity contribution is 0.540. The molecule has 0 aliphatic heterocycles. The standard InChI is InChI=1S/C13H22N2O2S/c1-11(2)7-6-10-15-18(16,17)13-9-5-4-8-12(13)14-3/h4-5,8-9,11,14-15H,6-7,10H2,1-3H3. The van der Waals surface area contributed by atoms with E-state index in [-0.39, 0.29) is 0 Å². The Morgan fingerprint density at radius 2 is 1.89 bits per heavy atom. The van der Waals surface area contributed by atoms with E-state index in [1.54, 1.807) is 25.2 Å². The van der Waals surface area contributed by atoms with Gasteiger partial charge in [0.25, 0.3) is 0 Å². The van der Waals surface area contributed by atoms with Gasteiger partial charge in [0.2, 0.25) is 10.0 Å². The van der Waals surface area contributed by atoms with Crippen LogP contribution in [-0.4, -0.2) is 22.0 Å². The van der Waals surface area contributed by atoms with Gasteiger partial charge in [0.1, 0.15) is 4.90 Å². The summed E-state index contributed by atoms with van der Waals surface area (Å²) in [5, 5.41) is 2.89. The topological polar surface area (TPSA) is 58.2 Å². The van der Waals surface area contributed by atoms with Gasteiger partial charge in [-0.3, -0.25) is 0 Å². The fourth-order valence-corrected chi connectivity index (χ4v) is 2.99. The monoisotopic (exact) mass is 270 g/mol. The highest BCUT2D eigenvalue weighted by molar-refractivity contribution is 7.89. The maximum absolute atomic E-state index is 12.1. The van der Waals surface area contributed by atoms with Crippen LogP contribution in [0.25, 0.3) is 0 Å². The molecular formula is C13H22N2O2S. The van der Waals surface area contributed by atoms with E-state index in [0.29, 0.717) is 23.0 Å². The number of sulfonamides is 1. The normalized spacial score (nSPS) is 11.8. The van der Waals surface area contributed by atoms with Crippen LogP contribution in [-0.2, 0) is 10.0 Å². The van der Waals surface area contributed by atoms with Crippen molar-refractivity contribution in [1.29, 1.82) is 0 Å². The molecule has 4 nitrogen and oxygen atoms in total. The molecule has 102 valence electrons. The molecule has 1 aromatic rings. The van der Waals surface area contributed by atoms with E-state index >= 15 is 0 Å². The maximum atomic E-state index is 12.1. The predicted octanol–water partition coefficient (Wildman–Crippen LogP) is 2.44. The fraction of sp³-hybridized carbons (Fsp3) is 0.538. The number of para-hydroxylation sites is 1. The molecule has 0 spiro atoms. The van der Waals surface area contributed by atoms with Crippen LogP contribution in [0.2, 0.25) is 0 Å². The van der Waals surface area contributed by atoms with Gasteiger partial charge in [-0.1, -0.05) is 26.0 Å². The first-order chi connectivity index (χ1) is 8.47. The molecule has 0 amide bonds. The first kappa shape index (κ1) is 15.0. The van der Waals surface area contributed by atoms with Crippen molar-refractivity contribution < 1.29 is 8.42 Å². The Kier molecular flexibility index (Phi) is 5.62. The molecule has 0 atom stereocenters. The molecule has 0 bridgehead atoms. The van der Waals surface area contributed by atoms with Crippen molar-refractivity contribution in [2.45, 2.75) is 31.6 Å². The van der Waals surface area contributed by atoms with Crippen molar-refractivity contribution in [1.82, 2.24) is 4.72 Å². The van der Waals surface area contributed by atoms with Crippen LogP contribution < -0.4 is 10.0 Å². The summed E-state index contributed by atoms with van der Waals surface area (Å²) in [6.07, 6.45) is 1.88. The first-order valence-corrected chi connectivity index (χ1v) is 7.72. The van der Waals surface area contributed by atoms with Gasteiger partial charge in [-0.05, 0) is 30.9 Å². The van der Waals surface area contributed by atoms with Gasteiger partial charge in [-0.25, -0.2) is 13.1 Å². The summed E-state index contributed by atoms with van der Waals surface area (Å²) in [6.45, 7) is 4.74. The second-order valence-electron chi connectivity index (χ2n) is 4.68. The zero-order chi connectivity index (χ0) is 13.6. The number of benzene rings is 1. The molecule has 1 rings (SSSR count). The highest BCUT2D eigenvalue weighted by Crippen LogP contribution is 2.19. The lowest BCUT2D eigenvalue weighted by atomic mass is 10.1. The lowest BCUT2D eigenvalue weighted by Gasteiger charge is -2.11. The summed E-state index contributed by atoms with van der Waals surface area (Å²) in [6, 6.07) is 6.90. The summed E-state index contributed by atoms with van der Waals surface area (Å²) >= 11 is 0. The molecule has 0 heterocycles. The summed E-state index contributed by atoms with van der Waals surface area (Å²) in [5.74, 6) is 0.596. The van der Waals surface area contributed by atoms with E-state index in [9.17, 15) is 8.42 Å². The SMILES string of the molecule is CNc1ccccc1S(=O)(=O)NCCCC(C)C. The molecular weight excluding hydrogens is 248 g/mol. The van der Waals surface area contributed by atoms with E-state index in [0.717, 1.165) is 12.8 Å². The maximum Gasteiger partial charge on any atom is 0.242 e. The minimum atomic E-state index is -3.41. The van der Waals surface area contributed by atoms with Crippen molar-refractivity contribution in [3.05, 3.63) is 24.3 Å². The van der Waals surface area contributed by atoms with Gasteiger partial charge < -0.3 is 5.32 Å². The Balaban J connectivity index is 2.68. The Morgan fingerprint density at radius 3 is 2.50 bits per heavy atom. The molecule has 5 heteroatoms. The number of rotatable bonds is 7. The summed E-state index contributed by atoms with van der Waals surface area (Å²) in [5.41, 5.74) is 0.619. The smallest absolute Gasteiger partial charge is 0.242 e. The van der Waals surface area contributed by atoms with Gasteiger partial charge in [-0.15, -0.1) is 0 Å². The minimum Gasteiger partial charge on any atom is -0.387 e. The third-order valence-electron chi connectivity index (χ3n) is 2.70. The zero-order valence-corrected chi connectivity index (χ0v) is 12.0. The Morgan fingerprint density at radius 1 is 1.22 bits per heavy atom. The molecule has 2 N–H and O–H groups in total. The third kappa shape index (κ3) is 4.31. The molecule has 0 aliphatic rings. The molecule has 0 radical (unpaired) electrons. The predicted molar refractivity (Wildman–Crippen MR) is 75.2 cm³/mol. The quantitative estimate of drug-likeness (QED) is 0.748. The van der Waals surface area contributed by atoms with Crippen LogP contribution in [0.1, 0.15) is 26.7 Å². The van der Waals surface area contributed by atoms with Crippen LogP contribution in [0, 0.1) is 5.92 Å². The van der Waals surface area contributed by atoms with Gasteiger partial charge in [-0.2, -0.15) is 0 Å². The average Bonchev–Trinajstić information content (AvgIpc) is 2.34. The molecule has 0 aromatic heterocycles. The van der Waals surface area contributed by atoms with Crippen LogP contribution in [0.5, 0.6) is 0 Å². The number of nitrogens with one attached hydrogen (secondary N) is 2. The highest BCUT2D eigenvalue weighted by atomic mass is 32.2. The van der Waals surface area contributed by atoms with E-state index in [1.165, 1.54) is 0 Å². The Hall–Kier alpha value is -1.07. The molecule has 0 saturated heterocycles. The van der Waals surface area contributed by atoms with Gasteiger partial charge in [0.15, 0.2) is 0 Å². The van der Waals surface area contributed by atoms with E-state index in [2.05, 4.69) is 23.9 Å². The van der Waals surface area contributed by atoms with Gasteiger partial charge >= 0.3 is 0 Å². The van der Waals surface area contributed by atoms with Crippen LogP contribution in [0.4, 0.5) is 5.69 Å². The Bertz CT molecular complexity index is 470. The van der Waals surface area contributed by atoms with E-state index < -0.39 is 10.0 Å². The third-order valence-corrected chi connectivity index (χ3v) is 4.22. The number of hydrogen-bond acceptors (Lipinski definition) is 3. The molecule has 0 unspecified atom stereocenters. The van der Waals surface area contributed by atoms with Crippen molar-refractivity contribution in [3.8, 4) is 0 Å². The summed E-state index contributed by atoms with van der Waals surface area (Å²) in [7, 11) is -1.70. The van der Waals surface area contributed by atoms with Crippen molar-refractivity contribution in [2.24, 2.45) is 5.92 Å². The average molecular weight is 270 g/mol. The number of anilines is 1. The van der Waals surface area contributed by atoms with Crippen molar-refractivity contribution >= 4 is 15.7 Å². The highest BCUT2D eigenvalue weighted by Gasteiger charge is 2.16. The second kappa shape index (κ2) is 6.75. The first-order valence-electron chi connectivity index (χ1n) is 6.24. The number of hydrogen-bond donors (Lipinski definition) is 2.